The van der Waals surface area contributed by atoms with Crippen LogP contribution in [0.5, 0.6) is 0 Å². The average molecular weight is 454 g/mol. The average Bonchev–Trinajstić information content (AvgIpc) is 3.39. The number of carboxylic acid groups (broad SMARTS) is 1. The number of hydrogen-bond acceptors (Lipinski definition) is 6. The zero-order chi connectivity index (χ0) is 24.0. The Hall–Kier alpha value is -2.69. The molecule has 11 heteroatoms. The number of primary amides is 1. The molecule has 4 amide bonds. The van der Waals surface area contributed by atoms with Crippen molar-refractivity contribution in [2.75, 3.05) is 13.1 Å². The Kier molecular flexibility index (Phi) is 8.99. The second kappa shape index (κ2) is 11.3. The van der Waals surface area contributed by atoms with Gasteiger partial charge in [-0.2, -0.15) is 0 Å². The van der Waals surface area contributed by atoms with E-state index in [0.717, 1.165) is 0 Å². The van der Waals surface area contributed by atoms with E-state index in [1.54, 1.807) is 0 Å². The lowest BCUT2D eigenvalue weighted by Gasteiger charge is -2.32. The summed E-state index contributed by atoms with van der Waals surface area (Å²) in [6.07, 6.45) is 2.51. The van der Waals surface area contributed by atoms with E-state index in [2.05, 4.69) is 5.32 Å². The van der Waals surface area contributed by atoms with Crippen LogP contribution in [0.2, 0.25) is 0 Å². The Labute approximate surface area is 187 Å². The van der Waals surface area contributed by atoms with E-state index in [1.807, 2.05) is 13.8 Å². The summed E-state index contributed by atoms with van der Waals surface area (Å²) >= 11 is 0. The van der Waals surface area contributed by atoms with Crippen molar-refractivity contribution in [1.29, 1.82) is 0 Å². The van der Waals surface area contributed by atoms with E-state index in [9.17, 15) is 29.1 Å². The molecule has 2 aliphatic rings. The highest BCUT2D eigenvalue weighted by atomic mass is 16.4. The highest BCUT2D eigenvalue weighted by Gasteiger charge is 2.43. The number of carbonyl (C=O) groups excluding carboxylic acids is 4. The maximum atomic E-state index is 13.3. The fourth-order valence-electron chi connectivity index (χ4n) is 4.38. The van der Waals surface area contributed by atoms with Crippen LogP contribution in [0.1, 0.15) is 58.8 Å². The molecule has 0 radical (unpaired) electrons. The van der Waals surface area contributed by atoms with E-state index in [1.165, 1.54) is 9.80 Å². The molecule has 0 saturated carbocycles. The third-order valence-corrected chi connectivity index (χ3v) is 6.00. The van der Waals surface area contributed by atoms with Gasteiger partial charge in [0.25, 0.3) is 0 Å². The minimum absolute atomic E-state index is 0.0190. The number of nitrogens with two attached hydrogens (primary N) is 2. The van der Waals surface area contributed by atoms with Crippen molar-refractivity contribution < 1.29 is 29.1 Å². The molecule has 2 saturated heterocycles. The van der Waals surface area contributed by atoms with Gasteiger partial charge in [0.1, 0.15) is 18.1 Å². The summed E-state index contributed by atoms with van der Waals surface area (Å²) in [6, 6.07) is -3.44. The first-order chi connectivity index (χ1) is 15.0. The van der Waals surface area contributed by atoms with E-state index in [-0.39, 0.29) is 31.1 Å². The summed E-state index contributed by atoms with van der Waals surface area (Å²) in [5, 5.41) is 12.0. The van der Waals surface area contributed by atoms with E-state index >= 15 is 0 Å². The van der Waals surface area contributed by atoms with Crippen molar-refractivity contribution in [2.24, 2.45) is 17.4 Å². The predicted octanol–water partition coefficient (Wildman–Crippen LogP) is -0.823. The Morgan fingerprint density at radius 1 is 1.03 bits per heavy atom. The highest BCUT2D eigenvalue weighted by Crippen LogP contribution is 2.26. The zero-order valence-corrected chi connectivity index (χ0v) is 18.8. The number of amides is 4. The molecule has 0 aromatic heterocycles. The Morgan fingerprint density at radius 3 is 2.19 bits per heavy atom. The standard InChI is InChI=1S/C21H35N5O6/c1-12(2)11-14(21(31)32)24-18(28)15-5-3-9-25(15)20(30)16-6-4-10-26(16)19(29)13(22)7-8-17(23)27/h12-16H,3-11,22H2,1-2H3,(H2,23,27)(H,24,28)(H,31,32). The third kappa shape index (κ3) is 6.41. The minimum atomic E-state index is -1.11. The van der Waals surface area contributed by atoms with Crippen molar-refractivity contribution in [1.82, 2.24) is 15.1 Å². The van der Waals surface area contributed by atoms with E-state index in [4.69, 9.17) is 11.5 Å². The van der Waals surface area contributed by atoms with Gasteiger partial charge in [-0.05, 0) is 44.4 Å². The molecule has 6 N–H and O–H groups in total. The van der Waals surface area contributed by atoms with Crippen LogP contribution in [0.15, 0.2) is 0 Å². The zero-order valence-electron chi connectivity index (χ0n) is 18.8. The fraction of sp³-hybridized carbons (Fsp3) is 0.762. The Balaban J connectivity index is 2.06. The van der Waals surface area contributed by atoms with Gasteiger partial charge in [-0.15, -0.1) is 0 Å². The smallest absolute Gasteiger partial charge is 0.326 e. The number of rotatable bonds is 10. The van der Waals surface area contributed by atoms with Crippen molar-refractivity contribution in [3.8, 4) is 0 Å². The molecule has 2 heterocycles. The number of nitrogens with zero attached hydrogens (tertiary/aromatic N) is 2. The number of likely N-dealkylation sites (tertiary alicyclic amines) is 2. The fourth-order valence-corrected chi connectivity index (χ4v) is 4.38. The van der Waals surface area contributed by atoms with Crippen LogP contribution in [-0.2, 0) is 24.0 Å². The van der Waals surface area contributed by atoms with Crippen molar-refractivity contribution in [3.63, 3.8) is 0 Å². The molecule has 2 fully saturated rings. The van der Waals surface area contributed by atoms with Crippen LogP contribution in [0.25, 0.3) is 0 Å². The van der Waals surface area contributed by atoms with Crippen molar-refractivity contribution in [2.45, 2.75) is 83.0 Å². The molecule has 4 atom stereocenters. The summed E-state index contributed by atoms with van der Waals surface area (Å²) in [5.41, 5.74) is 11.0. The summed E-state index contributed by atoms with van der Waals surface area (Å²) in [6.45, 7) is 4.48. The molecule has 11 nitrogen and oxygen atoms in total. The van der Waals surface area contributed by atoms with Crippen molar-refractivity contribution >= 4 is 29.6 Å². The number of aliphatic carboxylic acids is 1. The van der Waals surface area contributed by atoms with Gasteiger partial charge in [0.15, 0.2) is 0 Å². The largest absolute Gasteiger partial charge is 0.480 e. The maximum Gasteiger partial charge on any atom is 0.326 e. The molecule has 0 aliphatic carbocycles. The summed E-state index contributed by atoms with van der Waals surface area (Å²) < 4.78 is 0. The van der Waals surface area contributed by atoms with Gasteiger partial charge in [0.2, 0.25) is 23.6 Å². The molecule has 0 spiro atoms. The SMILES string of the molecule is CC(C)CC(NC(=O)C1CCCN1C(=O)C1CCCN1C(=O)C(N)CCC(N)=O)C(=O)O. The second-order valence-electron chi connectivity index (χ2n) is 9.02. The van der Waals surface area contributed by atoms with Gasteiger partial charge in [0.05, 0.1) is 6.04 Å². The molecule has 0 aromatic carbocycles. The van der Waals surface area contributed by atoms with Crippen LogP contribution >= 0.6 is 0 Å². The van der Waals surface area contributed by atoms with Crippen LogP contribution in [0, 0.1) is 5.92 Å². The van der Waals surface area contributed by atoms with Crippen molar-refractivity contribution in [3.05, 3.63) is 0 Å². The highest BCUT2D eigenvalue weighted by molar-refractivity contribution is 5.95. The lowest BCUT2D eigenvalue weighted by molar-refractivity contribution is -0.148. The predicted molar refractivity (Wildman–Crippen MR) is 115 cm³/mol. The van der Waals surface area contributed by atoms with Gasteiger partial charge in [-0.3, -0.25) is 19.2 Å². The molecule has 0 aromatic rings. The molecule has 180 valence electrons. The Morgan fingerprint density at radius 2 is 1.62 bits per heavy atom. The van der Waals surface area contributed by atoms with Gasteiger partial charge in [-0.1, -0.05) is 13.8 Å². The molecular weight excluding hydrogens is 418 g/mol. The minimum Gasteiger partial charge on any atom is -0.480 e. The second-order valence-corrected chi connectivity index (χ2v) is 9.02. The van der Waals surface area contributed by atoms with Crippen LogP contribution in [-0.4, -0.2) is 81.8 Å². The topological polar surface area (TPSA) is 176 Å². The maximum absolute atomic E-state index is 13.3. The van der Waals surface area contributed by atoms with Gasteiger partial charge in [0, 0.05) is 19.5 Å². The molecule has 4 unspecified atom stereocenters. The first-order valence-electron chi connectivity index (χ1n) is 11.2. The van der Waals surface area contributed by atoms with Gasteiger partial charge < -0.3 is 31.7 Å². The number of carbonyl (C=O) groups is 5. The molecule has 32 heavy (non-hydrogen) atoms. The van der Waals surface area contributed by atoms with Crippen LogP contribution < -0.4 is 16.8 Å². The Bertz CT molecular complexity index is 742. The number of nitrogens with one attached hydrogen (secondary N) is 1. The first-order valence-corrected chi connectivity index (χ1v) is 11.2. The van der Waals surface area contributed by atoms with Crippen LogP contribution in [0.4, 0.5) is 0 Å². The summed E-state index contributed by atoms with van der Waals surface area (Å²) in [7, 11) is 0. The quantitative estimate of drug-likeness (QED) is 0.334. The van der Waals surface area contributed by atoms with E-state index in [0.29, 0.717) is 38.8 Å². The van der Waals surface area contributed by atoms with Gasteiger partial charge >= 0.3 is 5.97 Å². The molecular formula is C21H35N5O6. The van der Waals surface area contributed by atoms with Crippen LogP contribution in [0.3, 0.4) is 0 Å². The monoisotopic (exact) mass is 453 g/mol. The lowest BCUT2D eigenvalue weighted by atomic mass is 10.0. The number of hydrogen-bond donors (Lipinski definition) is 4. The first kappa shape index (κ1) is 25.6. The third-order valence-electron chi connectivity index (χ3n) is 6.00. The molecule has 2 rings (SSSR count). The molecule has 2 aliphatic heterocycles. The lowest BCUT2D eigenvalue weighted by Crippen LogP contribution is -2.56. The number of carboxylic acids is 1. The summed E-state index contributed by atoms with van der Waals surface area (Å²) in [5.74, 6) is -2.81. The van der Waals surface area contributed by atoms with E-state index < -0.39 is 47.9 Å². The normalized spacial score (nSPS) is 22.6. The van der Waals surface area contributed by atoms with Gasteiger partial charge in [-0.25, -0.2) is 4.79 Å². The summed E-state index contributed by atoms with van der Waals surface area (Å²) in [4.78, 5) is 64.2. The molecule has 0 bridgehead atoms.